The smallest absolute Gasteiger partial charge is 0.242 e. The molecule has 1 amide bonds. The molecule has 2 fully saturated rings. The topological polar surface area (TPSA) is 36.0 Å². The molecule has 1 aliphatic carbocycles. The number of carbonyl (C=O) groups is 1. The molecule has 0 bridgehead atoms. The maximum absolute atomic E-state index is 13.0. The Kier molecular flexibility index (Phi) is 5.97. The molecule has 0 radical (unpaired) electrons. The van der Waals surface area contributed by atoms with Gasteiger partial charge >= 0.3 is 0 Å². The number of rotatable bonds is 5. The van der Waals surface area contributed by atoms with Crippen LogP contribution in [-0.4, -0.2) is 68.7 Å². The third kappa shape index (κ3) is 4.33. The normalized spacial score (nSPS) is 22.1. The Bertz CT molecular complexity index is 567. The van der Waals surface area contributed by atoms with E-state index in [1.807, 2.05) is 26.0 Å². The van der Waals surface area contributed by atoms with E-state index in [2.05, 4.69) is 34.1 Å². The second kappa shape index (κ2) is 8.19. The quantitative estimate of drug-likeness (QED) is 0.821. The third-order valence-corrected chi connectivity index (χ3v) is 5.50. The van der Waals surface area contributed by atoms with Gasteiger partial charge in [0.1, 0.15) is 6.04 Å². The van der Waals surface area contributed by atoms with Gasteiger partial charge in [0.05, 0.1) is 13.2 Å². The van der Waals surface area contributed by atoms with Gasteiger partial charge < -0.3 is 14.5 Å². The minimum absolute atomic E-state index is 0.122. The van der Waals surface area contributed by atoms with Crippen LogP contribution >= 0.6 is 0 Å². The molecular weight excluding hydrogens is 314 g/mol. The number of anilines is 1. The van der Waals surface area contributed by atoms with Gasteiger partial charge in [-0.25, -0.2) is 0 Å². The molecule has 138 valence electrons. The molecule has 1 aliphatic heterocycles. The summed E-state index contributed by atoms with van der Waals surface area (Å²) in [5.74, 6) is 0.184. The summed E-state index contributed by atoms with van der Waals surface area (Å²) in [6.45, 7) is 2.79. The first-order valence-corrected chi connectivity index (χ1v) is 9.41. The molecule has 5 heteroatoms. The molecule has 2 aliphatic rings. The monoisotopic (exact) mass is 345 g/mol. The Labute approximate surface area is 151 Å². The zero-order valence-electron chi connectivity index (χ0n) is 15.8. The van der Waals surface area contributed by atoms with Gasteiger partial charge in [0.25, 0.3) is 0 Å². The van der Waals surface area contributed by atoms with Gasteiger partial charge in [0.2, 0.25) is 5.91 Å². The number of hydrogen-bond acceptors (Lipinski definition) is 4. The van der Waals surface area contributed by atoms with Crippen molar-refractivity contribution in [2.75, 3.05) is 45.8 Å². The first-order valence-electron chi connectivity index (χ1n) is 9.41. The average Bonchev–Trinajstić information content (AvgIpc) is 3.16. The molecule has 1 atom stereocenters. The predicted octanol–water partition coefficient (Wildman–Crippen LogP) is 2.35. The van der Waals surface area contributed by atoms with E-state index in [9.17, 15) is 4.79 Å². The van der Waals surface area contributed by atoms with Gasteiger partial charge in [-0.2, -0.15) is 0 Å². The fraction of sp³-hybridized carbons (Fsp3) is 0.650. The Morgan fingerprint density at radius 2 is 1.84 bits per heavy atom. The highest BCUT2D eigenvalue weighted by atomic mass is 16.5. The lowest BCUT2D eigenvalue weighted by Crippen LogP contribution is -2.56. The first-order chi connectivity index (χ1) is 12.1. The van der Waals surface area contributed by atoms with Crippen LogP contribution in [0.1, 0.15) is 31.2 Å². The standard InChI is InChI=1S/C20H31N3O2/c1-21(2)17-10-8-16(9-11-17)14-22(3)20(24)19-15-25-13-12-23(19)18-6-4-5-7-18/h8-11,18-19H,4-7,12-15H2,1-3H3/t19-/m0/s1. The van der Waals surface area contributed by atoms with Crippen LogP contribution in [0.2, 0.25) is 0 Å². The van der Waals surface area contributed by atoms with Crippen LogP contribution in [0.25, 0.3) is 0 Å². The van der Waals surface area contributed by atoms with Crippen molar-refractivity contribution in [2.24, 2.45) is 0 Å². The van der Waals surface area contributed by atoms with Crippen molar-refractivity contribution in [1.82, 2.24) is 9.80 Å². The van der Waals surface area contributed by atoms with E-state index in [-0.39, 0.29) is 11.9 Å². The van der Waals surface area contributed by atoms with E-state index in [1.165, 1.54) is 31.4 Å². The number of carbonyl (C=O) groups excluding carboxylic acids is 1. The van der Waals surface area contributed by atoms with Crippen LogP contribution in [0.4, 0.5) is 5.69 Å². The van der Waals surface area contributed by atoms with Gasteiger partial charge in [-0.15, -0.1) is 0 Å². The summed E-state index contributed by atoms with van der Waals surface area (Å²) >= 11 is 0. The molecule has 0 spiro atoms. The van der Waals surface area contributed by atoms with Crippen molar-refractivity contribution < 1.29 is 9.53 Å². The summed E-state index contributed by atoms with van der Waals surface area (Å²) in [5.41, 5.74) is 2.33. The highest BCUT2D eigenvalue weighted by molar-refractivity contribution is 5.82. The van der Waals surface area contributed by atoms with Crippen molar-refractivity contribution in [3.05, 3.63) is 29.8 Å². The number of morpholine rings is 1. The van der Waals surface area contributed by atoms with Crippen molar-refractivity contribution in [3.63, 3.8) is 0 Å². The minimum Gasteiger partial charge on any atom is -0.378 e. The number of hydrogen-bond donors (Lipinski definition) is 0. The Balaban J connectivity index is 1.63. The second-order valence-corrected chi connectivity index (χ2v) is 7.52. The maximum Gasteiger partial charge on any atom is 0.242 e. The van der Waals surface area contributed by atoms with E-state index in [4.69, 9.17) is 4.74 Å². The third-order valence-electron chi connectivity index (χ3n) is 5.50. The number of likely N-dealkylation sites (N-methyl/N-ethyl adjacent to an activating group) is 1. The van der Waals surface area contributed by atoms with Crippen LogP contribution in [-0.2, 0) is 16.1 Å². The van der Waals surface area contributed by atoms with Crippen molar-refractivity contribution in [2.45, 2.75) is 44.3 Å². The predicted molar refractivity (Wildman–Crippen MR) is 101 cm³/mol. The lowest BCUT2D eigenvalue weighted by atomic mass is 10.1. The largest absolute Gasteiger partial charge is 0.378 e. The molecule has 5 nitrogen and oxygen atoms in total. The molecular formula is C20H31N3O2. The number of benzene rings is 1. The van der Waals surface area contributed by atoms with E-state index < -0.39 is 0 Å². The summed E-state index contributed by atoms with van der Waals surface area (Å²) in [6, 6.07) is 8.84. The fourth-order valence-corrected chi connectivity index (χ4v) is 4.01. The molecule has 1 heterocycles. The SMILES string of the molecule is CN(Cc1ccc(N(C)C)cc1)C(=O)[C@@H]1COCCN1C1CCCC1. The molecule has 0 unspecified atom stereocenters. The summed E-state index contributed by atoms with van der Waals surface area (Å²) in [6.07, 6.45) is 5.02. The van der Waals surface area contributed by atoms with E-state index in [0.717, 1.165) is 18.7 Å². The van der Waals surface area contributed by atoms with Crippen LogP contribution in [0.5, 0.6) is 0 Å². The Hall–Kier alpha value is -1.59. The lowest BCUT2D eigenvalue weighted by Gasteiger charge is -2.40. The lowest BCUT2D eigenvalue weighted by molar-refractivity contribution is -0.144. The minimum atomic E-state index is -0.122. The van der Waals surface area contributed by atoms with Gasteiger partial charge in [-0.3, -0.25) is 9.69 Å². The summed E-state index contributed by atoms with van der Waals surface area (Å²) < 4.78 is 5.64. The Morgan fingerprint density at radius 3 is 2.48 bits per heavy atom. The molecule has 0 aromatic heterocycles. The summed E-state index contributed by atoms with van der Waals surface area (Å²) in [4.78, 5) is 19.4. The zero-order chi connectivity index (χ0) is 17.8. The van der Waals surface area contributed by atoms with E-state index in [0.29, 0.717) is 19.2 Å². The van der Waals surface area contributed by atoms with Crippen LogP contribution in [0.15, 0.2) is 24.3 Å². The van der Waals surface area contributed by atoms with Crippen molar-refractivity contribution in [3.8, 4) is 0 Å². The molecule has 1 saturated heterocycles. The molecule has 3 rings (SSSR count). The molecule has 1 aromatic carbocycles. The number of amides is 1. The number of nitrogens with zero attached hydrogens (tertiary/aromatic N) is 3. The fourth-order valence-electron chi connectivity index (χ4n) is 4.01. The van der Waals surface area contributed by atoms with Crippen LogP contribution in [0.3, 0.4) is 0 Å². The van der Waals surface area contributed by atoms with Crippen molar-refractivity contribution >= 4 is 11.6 Å². The van der Waals surface area contributed by atoms with Gasteiger partial charge in [0, 0.05) is 46.0 Å². The second-order valence-electron chi connectivity index (χ2n) is 7.52. The van der Waals surface area contributed by atoms with Crippen molar-refractivity contribution in [1.29, 1.82) is 0 Å². The highest BCUT2D eigenvalue weighted by Crippen LogP contribution is 2.27. The Morgan fingerprint density at radius 1 is 1.16 bits per heavy atom. The highest BCUT2D eigenvalue weighted by Gasteiger charge is 2.36. The van der Waals surface area contributed by atoms with E-state index >= 15 is 0 Å². The average molecular weight is 345 g/mol. The molecule has 1 aromatic rings. The van der Waals surface area contributed by atoms with Gasteiger partial charge in [-0.05, 0) is 30.5 Å². The summed E-state index contributed by atoms with van der Waals surface area (Å²) in [5, 5.41) is 0. The van der Waals surface area contributed by atoms with Crippen LogP contribution < -0.4 is 4.90 Å². The zero-order valence-corrected chi connectivity index (χ0v) is 15.8. The number of ether oxygens (including phenoxy) is 1. The molecule has 25 heavy (non-hydrogen) atoms. The van der Waals surface area contributed by atoms with E-state index in [1.54, 1.807) is 0 Å². The summed E-state index contributed by atoms with van der Waals surface area (Å²) in [7, 11) is 5.97. The maximum atomic E-state index is 13.0. The van der Waals surface area contributed by atoms with Gasteiger partial charge in [0.15, 0.2) is 0 Å². The molecule has 0 N–H and O–H groups in total. The molecule has 1 saturated carbocycles. The first kappa shape index (κ1) is 18.2. The van der Waals surface area contributed by atoms with Crippen LogP contribution in [0, 0.1) is 0 Å². The van der Waals surface area contributed by atoms with Gasteiger partial charge in [-0.1, -0.05) is 25.0 Å².